The Hall–Kier alpha value is -4.50. The number of para-hydroxylation sites is 2. The molecule has 0 amide bonds. The van der Waals surface area contributed by atoms with Gasteiger partial charge in [-0.15, -0.1) is 0 Å². The van der Waals surface area contributed by atoms with Gasteiger partial charge in [-0.2, -0.15) is 0 Å². The van der Waals surface area contributed by atoms with Crippen LogP contribution in [0.1, 0.15) is 31.9 Å². The van der Waals surface area contributed by atoms with Crippen LogP contribution in [0, 0.1) is 12.7 Å². The van der Waals surface area contributed by atoms with Crippen molar-refractivity contribution in [3.8, 4) is 16.9 Å². The highest BCUT2D eigenvalue weighted by atomic mass is 19.1. The van der Waals surface area contributed by atoms with Crippen molar-refractivity contribution in [2.24, 2.45) is 7.05 Å². The number of aromatic nitrogens is 2. The minimum absolute atomic E-state index is 0.0170. The standard InChI is InChI=1S/C37H32FN2/c1-23-26-11-6-7-12-27(26)32(37(2,3)4)22-30(23)35-31-21-25(18-17-24(31)19-20-39(35)5)40-34-16-9-8-13-28(34)29-14-10-15-33(38)36(29)40/h6-22H,1-5H3/q+1. The fourth-order valence-electron chi connectivity index (χ4n) is 6.46. The summed E-state index contributed by atoms with van der Waals surface area (Å²) in [5, 5.41) is 6.86. The number of hydrogen-bond donors (Lipinski definition) is 0. The molecule has 0 radical (unpaired) electrons. The van der Waals surface area contributed by atoms with Crippen molar-refractivity contribution in [1.29, 1.82) is 0 Å². The number of benzene rings is 5. The second-order valence-electron chi connectivity index (χ2n) is 11.9. The lowest BCUT2D eigenvalue weighted by Gasteiger charge is -2.24. The van der Waals surface area contributed by atoms with Gasteiger partial charge in [0.2, 0.25) is 5.69 Å². The summed E-state index contributed by atoms with van der Waals surface area (Å²) in [4.78, 5) is 0. The second-order valence-corrected chi connectivity index (χ2v) is 11.9. The molecule has 40 heavy (non-hydrogen) atoms. The van der Waals surface area contributed by atoms with E-state index < -0.39 is 0 Å². The Labute approximate surface area is 233 Å². The van der Waals surface area contributed by atoms with E-state index in [1.54, 1.807) is 12.1 Å². The molecule has 7 rings (SSSR count). The van der Waals surface area contributed by atoms with Gasteiger partial charge in [0.25, 0.3) is 0 Å². The Bertz CT molecular complexity index is 2130. The van der Waals surface area contributed by atoms with Crippen LogP contribution in [0.2, 0.25) is 0 Å². The second kappa shape index (κ2) is 8.76. The molecule has 2 nitrogen and oxygen atoms in total. The summed E-state index contributed by atoms with van der Waals surface area (Å²) in [5.41, 5.74) is 7.53. The van der Waals surface area contributed by atoms with Crippen LogP contribution in [0.25, 0.3) is 60.3 Å². The molecule has 3 heteroatoms. The average molecular weight is 524 g/mol. The van der Waals surface area contributed by atoms with Crippen LogP contribution >= 0.6 is 0 Å². The molecule has 0 bridgehead atoms. The zero-order valence-corrected chi connectivity index (χ0v) is 23.6. The highest BCUT2D eigenvalue weighted by Gasteiger charge is 2.25. The van der Waals surface area contributed by atoms with Gasteiger partial charge >= 0.3 is 0 Å². The minimum atomic E-state index is -0.215. The summed E-state index contributed by atoms with van der Waals surface area (Å²) in [5.74, 6) is -0.215. The normalized spacial score (nSPS) is 12.2. The number of nitrogens with zero attached hydrogens (tertiary/aromatic N) is 2. The van der Waals surface area contributed by atoms with Crippen molar-refractivity contribution < 1.29 is 8.96 Å². The lowest BCUT2D eigenvalue weighted by Crippen LogP contribution is -2.31. The van der Waals surface area contributed by atoms with E-state index in [2.05, 4.69) is 117 Å². The molecule has 0 aliphatic heterocycles. The Morgan fingerprint density at radius 2 is 1.40 bits per heavy atom. The first-order valence-electron chi connectivity index (χ1n) is 13.9. The fourth-order valence-corrected chi connectivity index (χ4v) is 6.46. The summed E-state index contributed by atoms with van der Waals surface area (Å²) in [6, 6.07) is 33.3. The maximum atomic E-state index is 15.4. The zero-order valence-electron chi connectivity index (χ0n) is 23.6. The third kappa shape index (κ3) is 3.57. The van der Waals surface area contributed by atoms with Gasteiger partial charge in [0, 0.05) is 22.5 Å². The van der Waals surface area contributed by atoms with Crippen molar-refractivity contribution >= 4 is 43.4 Å². The lowest BCUT2D eigenvalue weighted by molar-refractivity contribution is -0.659. The minimum Gasteiger partial charge on any atom is -0.306 e. The Kier molecular flexibility index (Phi) is 5.37. The van der Waals surface area contributed by atoms with E-state index in [9.17, 15) is 0 Å². The summed E-state index contributed by atoms with van der Waals surface area (Å²) in [6.07, 6.45) is 2.14. The molecule has 0 atom stereocenters. The molecule has 0 N–H and O–H groups in total. The fraction of sp³-hybridized carbons (Fsp3) is 0.162. The largest absolute Gasteiger partial charge is 0.306 e. The first kappa shape index (κ1) is 24.5. The zero-order chi connectivity index (χ0) is 27.8. The topological polar surface area (TPSA) is 8.81 Å². The molecule has 0 unspecified atom stereocenters. The average Bonchev–Trinajstić information content (AvgIpc) is 3.29. The summed E-state index contributed by atoms with van der Waals surface area (Å²) >= 11 is 0. The molecular formula is C37H32FN2+. The van der Waals surface area contributed by atoms with Crippen LogP contribution in [0.4, 0.5) is 4.39 Å². The number of rotatable bonds is 2. The van der Waals surface area contributed by atoms with E-state index >= 15 is 4.39 Å². The van der Waals surface area contributed by atoms with Crippen molar-refractivity contribution in [2.75, 3.05) is 0 Å². The SMILES string of the molecule is Cc1c(-c2c3cc(-n4c5ccccc5c5cccc(F)c54)ccc3cc[n+]2C)cc(C(C)(C)C)c2ccccc12. The summed E-state index contributed by atoms with van der Waals surface area (Å²) in [7, 11) is 2.12. The van der Waals surface area contributed by atoms with Crippen LogP contribution < -0.4 is 4.57 Å². The maximum Gasteiger partial charge on any atom is 0.220 e. The molecule has 0 saturated heterocycles. The van der Waals surface area contributed by atoms with E-state index in [0.717, 1.165) is 38.4 Å². The molecule has 0 saturated carbocycles. The van der Waals surface area contributed by atoms with Crippen molar-refractivity contribution in [3.05, 3.63) is 120 Å². The Morgan fingerprint density at radius 1 is 0.700 bits per heavy atom. The molecule has 0 aliphatic carbocycles. The first-order chi connectivity index (χ1) is 19.2. The highest BCUT2D eigenvalue weighted by molar-refractivity contribution is 6.10. The van der Waals surface area contributed by atoms with E-state index in [-0.39, 0.29) is 11.2 Å². The lowest BCUT2D eigenvalue weighted by atomic mass is 9.80. The maximum absolute atomic E-state index is 15.4. The molecule has 7 aromatic rings. The molecule has 0 fully saturated rings. The first-order valence-corrected chi connectivity index (χ1v) is 13.9. The number of fused-ring (bicyclic) bond motifs is 5. The van der Waals surface area contributed by atoms with E-state index in [1.807, 2.05) is 18.2 Å². The molecule has 0 aliphatic rings. The number of aryl methyl sites for hydroxylation is 2. The number of hydrogen-bond acceptors (Lipinski definition) is 0. The van der Waals surface area contributed by atoms with E-state index in [4.69, 9.17) is 0 Å². The van der Waals surface area contributed by atoms with Crippen LogP contribution in [0.5, 0.6) is 0 Å². The summed E-state index contributed by atoms with van der Waals surface area (Å²) < 4.78 is 19.7. The van der Waals surface area contributed by atoms with Gasteiger partial charge in [0.15, 0.2) is 6.20 Å². The van der Waals surface area contributed by atoms with Gasteiger partial charge in [-0.25, -0.2) is 8.96 Å². The van der Waals surface area contributed by atoms with Gasteiger partial charge in [-0.05, 0) is 70.0 Å². The van der Waals surface area contributed by atoms with Crippen molar-refractivity contribution in [2.45, 2.75) is 33.1 Å². The van der Waals surface area contributed by atoms with Crippen LogP contribution in [-0.4, -0.2) is 4.57 Å². The highest BCUT2D eigenvalue weighted by Crippen LogP contribution is 2.40. The number of pyridine rings is 1. The molecule has 196 valence electrons. The molecule has 2 heterocycles. The Morgan fingerprint density at radius 3 is 2.17 bits per heavy atom. The third-order valence-electron chi connectivity index (χ3n) is 8.40. The molecular weight excluding hydrogens is 491 g/mol. The molecule has 0 spiro atoms. The van der Waals surface area contributed by atoms with Crippen LogP contribution in [0.15, 0.2) is 103 Å². The molecule has 5 aromatic carbocycles. The third-order valence-corrected chi connectivity index (χ3v) is 8.40. The van der Waals surface area contributed by atoms with Crippen LogP contribution in [0.3, 0.4) is 0 Å². The van der Waals surface area contributed by atoms with Crippen molar-refractivity contribution in [1.82, 2.24) is 4.57 Å². The van der Waals surface area contributed by atoms with E-state index in [1.165, 1.54) is 27.5 Å². The monoisotopic (exact) mass is 523 g/mol. The number of halogens is 1. The van der Waals surface area contributed by atoms with Crippen LogP contribution in [-0.2, 0) is 12.5 Å². The van der Waals surface area contributed by atoms with Gasteiger partial charge < -0.3 is 4.57 Å². The smallest absolute Gasteiger partial charge is 0.220 e. The van der Waals surface area contributed by atoms with Crippen molar-refractivity contribution in [3.63, 3.8) is 0 Å². The van der Waals surface area contributed by atoms with E-state index in [0.29, 0.717) is 5.52 Å². The Balaban J connectivity index is 1.58. The summed E-state index contributed by atoms with van der Waals surface area (Å²) in [6.45, 7) is 9.08. The van der Waals surface area contributed by atoms with Gasteiger partial charge in [-0.3, -0.25) is 0 Å². The predicted molar refractivity (Wildman–Crippen MR) is 166 cm³/mol. The van der Waals surface area contributed by atoms with Gasteiger partial charge in [-0.1, -0.05) is 81.4 Å². The van der Waals surface area contributed by atoms with Gasteiger partial charge in [0.05, 0.1) is 22.0 Å². The quantitative estimate of drug-likeness (QED) is 0.200. The van der Waals surface area contributed by atoms with Gasteiger partial charge in [0.1, 0.15) is 12.9 Å². The predicted octanol–water partition coefficient (Wildman–Crippen LogP) is 9.33. The molecule has 2 aromatic heterocycles.